The van der Waals surface area contributed by atoms with E-state index in [9.17, 15) is 4.79 Å². The predicted octanol–water partition coefficient (Wildman–Crippen LogP) is 1.29. The Labute approximate surface area is 127 Å². The molecule has 1 aliphatic heterocycles. The number of carbonyl (C=O) groups is 1. The SMILES string of the molecule is Cc1nc(-c2cnn(C)c2)sc1C(=O)N(C)[C@@H]1CCNC1. The van der Waals surface area contributed by atoms with Gasteiger partial charge in [-0.1, -0.05) is 0 Å². The van der Waals surface area contributed by atoms with Crippen molar-refractivity contribution in [1.82, 2.24) is 25.0 Å². The Kier molecular flexibility index (Phi) is 3.77. The van der Waals surface area contributed by atoms with Crippen LogP contribution in [0.2, 0.25) is 0 Å². The average Bonchev–Trinajstić information content (AvgIpc) is 3.17. The molecule has 7 heteroatoms. The lowest BCUT2D eigenvalue weighted by atomic mass is 10.2. The van der Waals surface area contributed by atoms with Crippen LogP contribution >= 0.6 is 11.3 Å². The molecule has 6 nitrogen and oxygen atoms in total. The van der Waals surface area contributed by atoms with E-state index in [0.717, 1.165) is 40.7 Å². The van der Waals surface area contributed by atoms with Gasteiger partial charge in [-0.3, -0.25) is 9.48 Å². The molecule has 1 atom stereocenters. The van der Waals surface area contributed by atoms with Gasteiger partial charge in [-0.2, -0.15) is 5.10 Å². The van der Waals surface area contributed by atoms with E-state index < -0.39 is 0 Å². The van der Waals surface area contributed by atoms with Crippen LogP contribution < -0.4 is 5.32 Å². The van der Waals surface area contributed by atoms with Gasteiger partial charge in [-0.25, -0.2) is 4.98 Å². The number of rotatable bonds is 3. The number of hydrogen-bond donors (Lipinski definition) is 1. The van der Waals surface area contributed by atoms with E-state index in [1.165, 1.54) is 11.3 Å². The van der Waals surface area contributed by atoms with Crippen LogP contribution in [0.3, 0.4) is 0 Å². The molecule has 112 valence electrons. The summed E-state index contributed by atoms with van der Waals surface area (Å²) in [6, 6.07) is 0.279. The van der Waals surface area contributed by atoms with Crippen molar-refractivity contribution in [3.63, 3.8) is 0 Å². The highest BCUT2D eigenvalue weighted by Crippen LogP contribution is 2.28. The summed E-state index contributed by atoms with van der Waals surface area (Å²) in [5, 5.41) is 8.29. The Balaban J connectivity index is 1.85. The van der Waals surface area contributed by atoms with Crippen molar-refractivity contribution in [1.29, 1.82) is 0 Å². The van der Waals surface area contributed by atoms with Crippen molar-refractivity contribution in [2.45, 2.75) is 19.4 Å². The second-order valence-electron chi connectivity index (χ2n) is 5.40. The summed E-state index contributed by atoms with van der Waals surface area (Å²) in [5.41, 5.74) is 1.75. The number of nitrogens with zero attached hydrogens (tertiary/aromatic N) is 4. The molecule has 2 aromatic rings. The van der Waals surface area contributed by atoms with Gasteiger partial charge < -0.3 is 10.2 Å². The minimum atomic E-state index is 0.0637. The summed E-state index contributed by atoms with van der Waals surface area (Å²) >= 11 is 1.45. The minimum absolute atomic E-state index is 0.0637. The molecule has 1 N–H and O–H groups in total. The van der Waals surface area contributed by atoms with E-state index >= 15 is 0 Å². The van der Waals surface area contributed by atoms with Gasteiger partial charge in [0, 0.05) is 38.4 Å². The Morgan fingerprint density at radius 1 is 1.57 bits per heavy atom. The van der Waals surface area contributed by atoms with Gasteiger partial charge in [-0.05, 0) is 19.9 Å². The molecule has 0 unspecified atom stereocenters. The van der Waals surface area contributed by atoms with Gasteiger partial charge in [0.2, 0.25) is 0 Å². The van der Waals surface area contributed by atoms with Crippen molar-refractivity contribution in [2.24, 2.45) is 7.05 Å². The fourth-order valence-electron chi connectivity index (χ4n) is 2.55. The second kappa shape index (κ2) is 5.57. The Hall–Kier alpha value is -1.73. The van der Waals surface area contributed by atoms with Gasteiger partial charge in [0.1, 0.15) is 9.88 Å². The van der Waals surface area contributed by atoms with Crippen LogP contribution in [0.15, 0.2) is 12.4 Å². The highest BCUT2D eigenvalue weighted by molar-refractivity contribution is 7.17. The molecule has 3 rings (SSSR count). The highest BCUT2D eigenvalue weighted by atomic mass is 32.1. The number of carbonyl (C=O) groups excluding carboxylic acids is 1. The van der Waals surface area contributed by atoms with Crippen LogP contribution in [-0.2, 0) is 7.05 Å². The molecule has 1 amide bonds. The highest BCUT2D eigenvalue weighted by Gasteiger charge is 2.27. The molecular formula is C14H19N5OS. The molecule has 2 aromatic heterocycles. The number of aromatic nitrogens is 3. The van der Waals surface area contributed by atoms with Crippen LogP contribution in [0.5, 0.6) is 0 Å². The molecule has 1 fully saturated rings. The van der Waals surface area contributed by atoms with Crippen molar-refractivity contribution in [3.8, 4) is 10.6 Å². The molecule has 0 bridgehead atoms. The van der Waals surface area contributed by atoms with Gasteiger partial charge >= 0.3 is 0 Å². The Morgan fingerprint density at radius 2 is 2.38 bits per heavy atom. The number of likely N-dealkylation sites (N-methyl/N-ethyl adjacent to an activating group) is 1. The van der Waals surface area contributed by atoms with Crippen LogP contribution in [0.4, 0.5) is 0 Å². The van der Waals surface area contributed by atoms with Crippen LogP contribution in [0.25, 0.3) is 10.6 Å². The Morgan fingerprint density at radius 3 is 3.00 bits per heavy atom. The molecule has 3 heterocycles. The molecule has 21 heavy (non-hydrogen) atoms. The topological polar surface area (TPSA) is 63.1 Å². The molecular weight excluding hydrogens is 286 g/mol. The third kappa shape index (κ3) is 2.71. The summed E-state index contributed by atoms with van der Waals surface area (Å²) in [6.45, 7) is 3.74. The van der Waals surface area contributed by atoms with Gasteiger partial charge in [0.15, 0.2) is 0 Å². The van der Waals surface area contributed by atoms with Crippen molar-refractivity contribution in [3.05, 3.63) is 23.0 Å². The minimum Gasteiger partial charge on any atom is -0.337 e. The second-order valence-corrected chi connectivity index (χ2v) is 6.40. The summed E-state index contributed by atoms with van der Waals surface area (Å²) in [4.78, 5) is 19.7. The van der Waals surface area contributed by atoms with E-state index in [2.05, 4.69) is 15.4 Å². The molecule has 1 aliphatic rings. The first-order valence-corrected chi connectivity index (χ1v) is 7.82. The van der Waals surface area contributed by atoms with Crippen LogP contribution in [0.1, 0.15) is 21.8 Å². The molecule has 0 saturated carbocycles. The largest absolute Gasteiger partial charge is 0.337 e. The van der Waals surface area contributed by atoms with Gasteiger partial charge in [0.25, 0.3) is 5.91 Å². The lowest BCUT2D eigenvalue weighted by Crippen LogP contribution is -2.38. The number of aryl methyl sites for hydroxylation is 2. The van der Waals surface area contributed by atoms with Gasteiger partial charge in [0.05, 0.1) is 11.9 Å². The smallest absolute Gasteiger partial charge is 0.265 e. The lowest BCUT2D eigenvalue weighted by Gasteiger charge is -2.23. The molecule has 0 aromatic carbocycles. The first-order chi connectivity index (χ1) is 10.1. The quantitative estimate of drug-likeness (QED) is 0.928. The maximum Gasteiger partial charge on any atom is 0.265 e. The van der Waals surface area contributed by atoms with E-state index in [1.54, 1.807) is 10.9 Å². The molecule has 0 radical (unpaired) electrons. The maximum atomic E-state index is 12.7. The molecule has 0 spiro atoms. The van der Waals surface area contributed by atoms with Crippen LogP contribution in [-0.4, -0.2) is 51.8 Å². The summed E-state index contributed by atoms with van der Waals surface area (Å²) in [5.74, 6) is 0.0637. The van der Waals surface area contributed by atoms with Crippen molar-refractivity contribution < 1.29 is 4.79 Å². The third-order valence-corrected chi connectivity index (χ3v) is 5.04. The molecule has 0 aliphatic carbocycles. The van der Waals surface area contributed by atoms with E-state index in [4.69, 9.17) is 0 Å². The summed E-state index contributed by atoms with van der Waals surface area (Å²) < 4.78 is 1.74. The number of hydrogen-bond acceptors (Lipinski definition) is 5. The zero-order chi connectivity index (χ0) is 15.0. The molecule has 1 saturated heterocycles. The fourth-order valence-corrected chi connectivity index (χ4v) is 3.57. The maximum absolute atomic E-state index is 12.7. The average molecular weight is 305 g/mol. The Bertz CT molecular complexity index is 656. The van der Waals surface area contributed by atoms with Gasteiger partial charge in [-0.15, -0.1) is 11.3 Å². The fraction of sp³-hybridized carbons (Fsp3) is 0.500. The normalized spacial score (nSPS) is 18.1. The van der Waals surface area contributed by atoms with E-state index in [-0.39, 0.29) is 11.9 Å². The first-order valence-electron chi connectivity index (χ1n) is 7.00. The summed E-state index contributed by atoms with van der Waals surface area (Å²) in [6.07, 6.45) is 4.70. The van der Waals surface area contributed by atoms with Crippen molar-refractivity contribution in [2.75, 3.05) is 20.1 Å². The number of amides is 1. The number of thiazole rings is 1. The predicted molar refractivity (Wildman–Crippen MR) is 82.4 cm³/mol. The van der Waals surface area contributed by atoms with Crippen molar-refractivity contribution >= 4 is 17.2 Å². The zero-order valence-electron chi connectivity index (χ0n) is 12.5. The van der Waals surface area contributed by atoms with E-state index in [0.29, 0.717) is 0 Å². The lowest BCUT2D eigenvalue weighted by molar-refractivity contribution is 0.0747. The number of nitrogens with one attached hydrogen (secondary N) is 1. The van der Waals surface area contributed by atoms with E-state index in [1.807, 2.05) is 32.1 Å². The third-order valence-electron chi connectivity index (χ3n) is 3.85. The monoisotopic (exact) mass is 305 g/mol. The summed E-state index contributed by atoms with van der Waals surface area (Å²) in [7, 11) is 3.75. The standard InChI is InChI=1S/C14H19N5OS/c1-9-12(14(20)19(3)11-4-5-15-7-11)21-13(17-9)10-6-16-18(2)8-10/h6,8,11,15H,4-5,7H2,1-3H3/t11-/m1/s1. The first kappa shape index (κ1) is 14.2. The zero-order valence-corrected chi connectivity index (χ0v) is 13.3. The van der Waals surface area contributed by atoms with Crippen LogP contribution in [0, 0.1) is 6.92 Å².